The van der Waals surface area contributed by atoms with Crippen LogP contribution in [0.2, 0.25) is 0 Å². The normalized spacial score (nSPS) is 20.2. The number of anilines is 2. The Kier molecular flexibility index (Phi) is 5.07. The van der Waals surface area contributed by atoms with Crippen molar-refractivity contribution in [2.45, 2.75) is 45.8 Å². The number of fused-ring (bicyclic) bond motifs is 1. The van der Waals surface area contributed by atoms with Gasteiger partial charge in [-0.05, 0) is 41.7 Å². The summed E-state index contributed by atoms with van der Waals surface area (Å²) in [6.07, 6.45) is -3.79. The van der Waals surface area contributed by atoms with Gasteiger partial charge in [0, 0.05) is 24.6 Å². The Labute approximate surface area is 183 Å². The van der Waals surface area contributed by atoms with Crippen LogP contribution in [0.3, 0.4) is 0 Å². The molecule has 4 rings (SSSR count). The Bertz CT molecular complexity index is 1130. The lowest BCUT2D eigenvalue weighted by Gasteiger charge is -2.36. The van der Waals surface area contributed by atoms with Crippen molar-refractivity contribution in [3.8, 4) is 5.75 Å². The maximum atomic E-state index is 13.3. The number of aromatic hydroxyl groups is 1. The van der Waals surface area contributed by atoms with Crippen LogP contribution >= 0.6 is 0 Å². The predicted octanol–water partition coefficient (Wildman–Crippen LogP) is 5.57. The first-order valence-electron chi connectivity index (χ1n) is 10.2. The lowest BCUT2D eigenvalue weighted by atomic mass is 9.73. The second-order valence-electron chi connectivity index (χ2n) is 9.04. The molecule has 5 nitrogen and oxygen atoms in total. The van der Waals surface area contributed by atoms with E-state index in [0.29, 0.717) is 28.9 Å². The molecule has 0 saturated heterocycles. The van der Waals surface area contributed by atoms with E-state index in [9.17, 15) is 27.9 Å². The topological polar surface area (TPSA) is 69.6 Å². The molecule has 1 aliphatic carbocycles. The van der Waals surface area contributed by atoms with Gasteiger partial charge >= 0.3 is 6.18 Å². The number of carbonyl (C=O) groups excluding carboxylic acids is 2. The summed E-state index contributed by atoms with van der Waals surface area (Å²) in [4.78, 5) is 27.5. The molecule has 32 heavy (non-hydrogen) atoms. The van der Waals surface area contributed by atoms with Crippen molar-refractivity contribution in [1.29, 1.82) is 0 Å². The van der Waals surface area contributed by atoms with Crippen molar-refractivity contribution in [2.24, 2.45) is 5.41 Å². The molecule has 0 saturated carbocycles. The number of Topliss-reactive ketones (excluding diaryl/α,β-unsaturated/α-hetero) is 1. The Morgan fingerprint density at radius 1 is 1.12 bits per heavy atom. The molecule has 0 bridgehead atoms. The molecule has 2 aliphatic rings. The number of alkyl halides is 3. The highest BCUT2D eigenvalue weighted by molar-refractivity contribution is 6.06. The number of benzene rings is 2. The van der Waals surface area contributed by atoms with Gasteiger partial charge < -0.3 is 10.4 Å². The highest BCUT2D eigenvalue weighted by Gasteiger charge is 2.43. The van der Waals surface area contributed by atoms with Crippen LogP contribution in [0.5, 0.6) is 5.75 Å². The standard InChI is InChI=1S/C24H23F3N2O3/c1-13(30)29-17-5-4-6-18(31)21(17)28-16-11-23(2,3)12-19(32)20(16)22(29)14-7-9-15(10-8-14)24(25,26)27/h4-10,22,28,31H,11-12H2,1-3H3. The predicted molar refractivity (Wildman–Crippen MR) is 114 cm³/mol. The molecular formula is C24H23F3N2O3. The molecule has 0 spiro atoms. The minimum atomic E-state index is -4.50. The van der Waals surface area contributed by atoms with E-state index in [1.807, 2.05) is 13.8 Å². The number of hydrogen-bond donors (Lipinski definition) is 2. The first-order chi connectivity index (χ1) is 14.9. The van der Waals surface area contributed by atoms with E-state index >= 15 is 0 Å². The van der Waals surface area contributed by atoms with Crippen LogP contribution in [-0.2, 0) is 15.8 Å². The van der Waals surface area contributed by atoms with Crippen LogP contribution < -0.4 is 10.2 Å². The number of nitrogens with one attached hydrogen (secondary N) is 1. The number of phenolic OH excluding ortho intramolecular Hbond substituents is 1. The zero-order valence-electron chi connectivity index (χ0n) is 17.9. The van der Waals surface area contributed by atoms with E-state index in [1.54, 1.807) is 12.1 Å². The van der Waals surface area contributed by atoms with E-state index in [2.05, 4.69) is 5.32 Å². The smallest absolute Gasteiger partial charge is 0.416 e. The SMILES string of the molecule is CC(=O)N1c2cccc(O)c2NC2=C(C(=O)CC(C)(C)C2)C1c1ccc(C(F)(F)F)cc1. The zero-order chi connectivity index (χ0) is 23.4. The summed E-state index contributed by atoms with van der Waals surface area (Å²) < 4.78 is 39.4. The maximum Gasteiger partial charge on any atom is 0.416 e. The fourth-order valence-corrected chi connectivity index (χ4v) is 4.56. The molecule has 1 aliphatic heterocycles. The first kappa shape index (κ1) is 21.9. The lowest BCUT2D eigenvalue weighted by Crippen LogP contribution is -2.38. The van der Waals surface area contributed by atoms with Crippen LogP contribution in [0.25, 0.3) is 0 Å². The third-order valence-corrected chi connectivity index (χ3v) is 5.90. The fourth-order valence-electron chi connectivity index (χ4n) is 4.56. The van der Waals surface area contributed by atoms with Gasteiger partial charge in [0.25, 0.3) is 0 Å². The Morgan fingerprint density at radius 2 is 1.78 bits per heavy atom. The number of phenols is 1. The van der Waals surface area contributed by atoms with Gasteiger partial charge in [0.1, 0.15) is 11.4 Å². The molecule has 0 aromatic heterocycles. The monoisotopic (exact) mass is 444 g/mol. The van der Waals surface area contributed by atoms with Crippen molar-refractivity contribution in [2.75, 3.05) is 10.2 Å². The van der Waals surface area contributed by atoms with Gasteiger partial charge in [-0.1, -0.05) is 32.0 Å². The number of halogens is 3. The molecule has 2 aromatic carbocycles. The Balaban J connectivity index is 1.99. The Hall–Kier alpha value is -3.29. The quantitative estimate of drug-likeness (QED) is 0.564. The van der Waals surface area contributed by atoms with Gasteiger partial charge in [0.05, 0.1) is 17.3 Å². The van der Waals surface area contributed by atoms with E-state index < -0.39 is 23.7 Å². The van der Waals surface area contributed by atoms with Crippen molar-refractivity contribution in [3.63, 3.8) is 0 Å². The summed E-state index contributed by atoms with van der Waals surface area (Å²) in [5, 5.41) is 13.7. The molecule has 1 amide bonds. The van der Waals surface area contributed by atoms with Crippen LogP contribution in [0.15, 0.2) is 53.7 Å². The largest absolute Gasteiger partial charge is 0.506 e. The number of hydrogen-bond acceptors (Lipinski definition) is 4. The highest BCUT2D eigenvalue weighted by Crippen LogP contribution is 2.50. The van der Waals surface area contributed by atoms with E-state index in [-0.39, 0.29) is 29.1 Å². The second kappa shape index (κ2) is 7.39. The summed E-state index contributed by atoms with van der Waals surface area (Å²) in [6, 6.07) is 8.26. The van der Waals surface area contributed by atoms with Gasteiger partial charge in [-0.25, -0.2) is 0 Å². The number of carbonyl (C=O) groups is 2. The summed E-state index contributed by atoms with van der Waals surface area (Å²) in [6.45, 7) is 5.22. The molecule has 2 N–H and O–H groups in total. The van der Waals surface area contributed by atoms with Crippen LogP contribution in [0.1, 0.15) is 50.8 Å². The molecule has 1 heterocycles. The van der Waals surface area contributed by atoms with Crippen molar-refractivity contribution in [1.82, 2.24) is 0 Å². The van der Waals surface area contributed by atoms with Gasteiger partial charge in [0.15, 0.2) is 5.78 Å². The minimum Gasteiger partial charge on any atom is -0.506 e. The van der Waals surface area contributed by atoms with E-state index in [4.69, 9.17) is 0 Å². The third kappa shape index (κ3) is 3.74. The molecule has 168 valence electrons. The van der Waals surface area contributed by atoms with Crippen molar-refractivity contribution < 1.29 is 27.9 Å². The molecule has 0 fully saturated rings. The van der Waals surface area contributed by atoms with Gasteiger partial charge in [0.2, 0.25) is 5.91 Å². The summed E-state index contributed by atoms with van der Waals surface area (Å²) in [5.74, 6) is -0.688. The first-order valence-corrected chi connectivity index (χ1v) is 10.2. The number of ketones is 1. The number of rotatable bonds is 1. The van der Waals surface area contributed by atoms with Gasteiger partial charge in [-0.3, -0.25) is 14.5 Å². The van der Waals surface area contributed by atoms with E-state index in [0.717, 1.165) is 12.1 Å². The van der Waals surface area contributed by atoms with Crippen molar-refractivity contribution in [3.05, 3.63) is 64.9 Å². The fraction of sp³-hybridized carbons (Fsp3) is 0.333. The maximum absolute atomic E-state index is 13.3. The third-order valence-electron chi connectivity index (χ3n) is 5.90. The number of allylic oxidation sites excluding steroid dienone is 1. The summed E-state index contributed by atoms with van der Waals surface area (Å²) in [5.41, 5.74) is 0.733. The molecule has 0 radical (unpaired) electrons. The lowest BCUT2D eigenvalue weighted by molar-refractivity contribution is -0.137. The number of para-hydroxylation sites is 1. The molecule has 1 unspecified atom stereocenters. The number of amides is 1. The molecule has 2 aromatic rings. The van der Waals surface area contributed by atoms with E-state index in [1.165, 1.54) is 30.0 Å². The second-order valence-corrected chi connectivity index (χ2v) is 9.04. The average molecular weight is 444 g/mol. The minimum absolute atomic E-state index is 0.0931. The number of nitrogens with zero attached hydrogens (tertiary/aromatic N) is 1. The highest BCUT2D eigenvalue weighted by atomic mass is 19.4. The zero-order valence-corrected chi connectivity index (χ0v) is 17.9. The summed E-state index contributed by atoms with van der Waals surface area (Å²) in [7, 11) is 0. The molecular weight excluding hydrogens is 421 g/mol. The van der Waals surface area contributed by atoms with Gasteiger partial charge in [-0.2, -0.15) is 13.2 Å². The molecule has 1 atom stereocenters. The van der Waals surface area contributed by atoms with Crippen LogP contribution in [0.4, 0.5) is 24.5 Å². The Morgan fingerprint density at radius 3 is 2.38 bits per heavy atom. The average Bonchev–Trinajstić information content (AvgIpc) is 2.82. The van der Waals surface area contributed by atoms with Crippen molar-refractivity contribution >= 4 is 23.1 Å². The summed E-state index contributed by atoms with van der Waals surface area (Å²) >= 11 is 0. The van der Waals surface area contributed by atoms with Gasteiger partial charge in [-0.15, -0.1) is 0 Å². The van der Waals surface area contributed by atoms with Crippen LogP contribution in [0, 0.1) is 5.41 Å². The van der Waals surface area contributed by atoms with Crippen LogP contribution in [-0.4, -0.2) is 16.8 Å². The molecule has 8 heteroatoms.